The van der Waals surface area contributed by atoms with E-state index < -0.39 is 0 Å². The van der Waals surface area contributed by atoms with Crippen LogP contribution >= 0.6 is 11.3 Å². The van der Waals surface area contributed by atoms with E-state index in [4.69, 9.17) is 0 Å². The highest BCUT2D eigenvalue weighted by Gasteiger charge is 2.26. The number of benzene rings is 2. The monoisotopic (exact) mass is 336 g/mol. The number of hydrogen-bond acceptors (Lipinski definition) is 3. The molecule has 3 nitrogen and oxygen atoms in total. The molecule has 2 N–H and O–H groups in total. The van der Waals surface area contributed by atoms with Crippen molar-refractivity contribution in [2.24, 2.45) is 0 Å². The third-order valence-corrected chi connectivity index (χ3v) is 5.82. The molecule has 0 spiro atoms. The second-order valence-electron chi connectivity index (χ2n) is 6.34. The smallest absolute Gasteiger partial charge is 0.237 e. The SMILES string of the molecule is Cc1ccc(CNC(=O)[C@H]2Cc3c(sc4ccccc34)CN2)cc1. The van der Waals surface area contributed by atoms with Crippen LogP contribution in [-0.4, -0.2) is 11.9 Å². The zero-order valence-corrected chi connectivity index (χ0v) is 14.5. The van der Waals surface area contributed by atoms with Crippen LogP contribution in [0.5, 0.6) is 0 Å². The summed E-state index contributed by atoms with van der Waals surface area (Å²) >= 11 is 1.83. The van der Waals surface area contributed by atoms with Gasteiger partial charge in [0.1, 0.15) is 0 Å². The minimum atomic E-state index is -0.152. The topological polar surface area (TPSA) is 41.1 Å². The Hall–Kier alpha value is -2.17. The van der Waals surface area contributed by atoms with Crippen LogP contribution in [-0.2, 0) is 24.3 Å². The van der Waals surface area contributed by atoms with Crippen molar-refractivity contribution < 1.29 is 4.79 Å². The van der Waals surface area contributed by atoms with Crippen LogP contribution in [0, 0.1) is 6.92 Å². The summed E-state index contributed by atoms with van der Waals surface area (Å²) in [4.78, 5) is 13.9. The van der Waals surface area contributed by atoms with Crippen LogP contribution in [0.2, 0.25) is 0 Å². The number of nitrogens with one attached hydrogen (secondary N) is 2. The third kappa shape index (κ3) is 2.95. The van der Waals surface area contributed by atoms with Gasteiger partial charge in [-0.2, -0.15) is 0 Å². The summed E-state index contributed by atoms with van der Waals surface area (Å²) in [5.74, 6) is 0.0801. The maximum absolute atomic E-state index is 12.5. The first-order valence-electron chi connectivity index (χ1n) is 8.26. The first-order chi connectivity index (χ1) is 11.7. The predicted octanol–water partition coefficient (Wildman–Crippen LogP) is 3.54. The lowest BCUT2D eigenvalue weighted by atomic mass is 9.98. The fourth-order valence-electron chi connectivity index (χ4n) is 3.21. The Labute approximate surface area is 145 Å². The summed E-state index contributed by atoms with van der Waals surface area (Å²) < 4.78 is 1.31. The number of aryl methyl sites for hydroxylation is 1. The van der Waals surface area contributed by atoms with Gasteiger partial charge in [-0.25, -0.2) is 0 Å². The van der Waals surface area contributed by atoms with Gasteiger partial charge in [-0.1, -0.05) is 48.0 Å². The fraction of sp³-hybridized carbons (Fsp3) is 0.250. The van der Waals surface area contributed by atoms with Gasteiger partial charge in [0.2, 0.25) is 5.91 Å². The molecule has 1 atom stereocenters. The van der Waals surface area contributed by atoms with Crippen molar-refractivity contribution >= 4 is 27.3 Å². The molecule has 2 aromatic carbocycles. The van der Waals surface area contributed by atoms with Crippen LogP contribution < -0.4 is 10.6 Å². The number of amides is 1. The zero-order valence-electron chi connectivity index (χ0n) is 13.6. The van der Waals surface area contributed by atoms with E-state index in [2.05, 4.69) is 66.1 Å². The molecule has 1 aromatic heterocycles. The van der Waals surface area contributed by atoms with Gasteiger partial charge in [0.05, 0.1) is 6.04 Å². The second-order valence-corrected chi connectivity index (χ2v) is 7.48. The summed E-state index contributed by atoms with van der Waals surface area (Å²) in [6, 6.07) is 16.6. The Morgan fingerprint density at radius 3 is 2.83 bits per heavy atom. The van der Waals surface area contributed by atoms with E-state index in [1.165, 1.54) is 26.1 Å². The van der Waals surface area contributed by atoms with Crippen molar-refractivity contribution in [1.82, 2.24) is 10.6 Å². The van der Waals surface area contributed by atoms with E-state index in [0.717, 1.165) is 18.5 Å². The van der Waals surface area contributed by atoms with Gasteiger partial charge in [-0.3, -0.25) is 4.79 Å². The van der Waals surface area contributed by atoms with Gasteiger partial charge in [0, 0.05) is 22.7 Å². The largest absolute Gasteiger partial charge is 0.351 e. The lowest BCUT2D eigenvalue weighted by Gasteiger charge is -2.23. The van der Waals surface area contributed by atoms with Gasteiger partial charge >= 0.3 is 0 Å². The average Bonchev–Trinajstić information content (AvgIpc) is 2.99. The lowest BCUT2D eigenvalue weighted by molar-refractivity contribution is -0.123. The van der Waals surface area contributed by atoms with Crippen molar-refractivity contribution in [2.75, 3.05) is 0 Å². The quantitative estimate of drug-likeness (QED) is 0.768. The zero-order chi connectivity index (χ0) is 16.5. The van der Waals surface area contributed by atoms with Gasteiger partial charge in [0.25, 0.3) is 0 Å². The van der Waals surface area contributed by atoms with Gasteiger partial charge in [0.15, 0.2) is 0 Å². The Kier molecular flexibility index (Phi) is 4.08. The van der Waals surface area contributed by atoms with Crippen LogP contribution in [0.25, 0.3) is 10.1 Å². The van der Waals surface area contributed by atoms with E-state index in [0.29, 0.717) is 6.54 Å². The Balaban J connectivity index is 1.45. The number of carbonyl (C=O) groups excluding carboxylic acids is 1. The first kappa shape index (κ1) is 15.4. The third-order valence-electron chi connectivity index (χ3n) is 4.60. The van der Waals surface area contributed by atoms with Crippen molar-refractivity contribution in [2.45, 2.75) is 32.5 Å². The summed E-state index contributed by atoms with van der Waals surface area (Å²) in [6.45, 7) is 3.42. The minimum Gasteiger partial charge on any atom is -0.351 e. The molecule has 2 heterocycles. The van der Waals surface area contributed by atoms with Crippen molar-refractivity contribution in [3.8, 4) is 0 Å². The molecule has 1 aliphatic heterocycles. The summed E-state index contributed by atoms with van der Waals surface area (Å²) in [6.07, 6.45) is 0.763. The molecule has 0 saturated heterocycles. The van der Waals surface area contributed by atoms with Crippen LogP contribution in [0.15, 0.2) is 48.5 Å². The number of hydrogen-bond donors (Lipinski definition) is 2. The van der Waals surface area contributed by atoms with E-state index in [-0.39, 0.29) is 11.9 Å². The average molecular weight is 336 g/mol. The number of thiophene rings is 1. The molecule has 3 aromatic rings. The van der Waals surface area contributed by atoms with Crippen LogP contribution in [0.1, 0.15) is 21.6 Å². The second kappa shape index (κ2) is 6.38. The molecule has 4 heteroatoms. The molecule has 0 fully saturated rings. The first-order valence-corrected chi connectivity index (χ1v) is 9.08. The van der Waals surface area contributed by atoms with Crippen LogP contribution in [0.4, 0.5) is 0 Å². The summed E-state index contributed by atoms with van der Waals surface area (Å²) in [7, 11) is 0. The Morgan fingerprint density at radius 1 is 1.21 bits per heavy atom. The highest BCUT2D eigenvalue weighted by atomic mass is 32.1. The molecule has 0 saturated carbocycles. The van der Waals surface area contributed by atoms with E-state index in [1.54, 1.807) is 0 Å². The number of rotatable bonds is 3. The van der Waals surface area contributed by atoms with Crippen molar-refractivity contribution in [3.05, 3.63) is 70.1 Å². The molecule has 24 heavy (non-hydrogen) atoms. The van der Waals surface area contributed by atoms with E-state index in [1.807, 2.05) is 11.3 Å². The lowest BCUT2D eigenvalue weighted by Crippen LogP contribution is -2.47. The van der Waals surface area contributed by atoms with E-state index >= 15 is 0 Å². The molecular weight excluding hydrogens is 316 g/mol. The Bertz CT molecular complexity index is 882. The highest BCUT2D eigenvalue weighted by molar-refractivity contribution is 7.19. The fourth-order valence-corrected chi connectivity index (χ4v) is 4.40. The van der Waals surface area contributed by atoms with Gasteiger partial charge < -0.3 is 10.6 Å². The molecule has 0 aliphatic carbocycles. The molecule has 122 valence electrons. The summed E-state index contributed by atoms with van der Waals surface area (Å²) in [5, 5.41) is 7.74. The predicted molar refractivity (Wildman–Crippen MR) is 99.2 cm³/mol. The molecule has 0 bridgehead atoms. The molecule has 1 aliphatic rings. The van der Waals surface area contributed by atoms with E-state index in [9.17, 15) is 4.79 Å². The van der Waals surface area contributed by atoms with Crippen LogP contribution in [0.3, 0.4) is 0 Å². The molecule has 0 radical (unpaired) electrons. The molecular formula is C20H20N2OS. The van der Waals surface area contributed by atoms with Gasteiger partial charge in [-0.05, 0) is 35.9 Å². The number of carbonyl (C=O) groups is 1. The highest BCUT2D eigenvalue weighted by Crippen LogP contribution is 2.34. The minimum absolute atomic E-state index is 0.0801. The maximum atomic E-state index is 12.5. The number of fused-ring (bicyclic) bond motifs is 3. The summed E-state index contributed by atoms with van der Waals surface area (Å²) in [5.41, 5.74) is 3.70. The molecule has 0 unspecified atom stereocenters. The van der Waals surface area contributed by atoms with Crippen molar-refractivity contribution in [1.29, 1.82) is 0 Å². The standard InChI is InChI=1S/C20H20N2OS/c1-13-6-8-14(9-7-13)11-22-20(23)17-10-16-15-4-2-3-5-18(15)24-19(16)12-21-17/h2-9,17,21H,10-12H2,1H3,(H,22,23)/t17-/m1/s1. The molecule has 1 amide bonds. The van der Waals surface area contributed by atoms with Gasteiger partial charge in [-0.15, -0.1) is 11.3 Å². The van der Waals surface area contributed by atoms with Crippen molar-refractivity contribution in [3.63, 3.8) is 0 Å². The Morgan fingerprint density at radius 2 is 2.00 bits per heavy atom. The maximum Gasteiger partial charge on any atom is 0.237 e. The molecule has 4 rings (SSSR count). The normalized spacial score (nSPS) is 16.8.